The molecule has 0 atom stereocenters. The van der Waals surface area contributed by atoms with Gasteiger partial charge in [-0.1, -0.05) is 33.8 Å². The zero-order chi connectivity index (χ0) is 14.7. The number of nitrogens with zero attached hydrogens (tertiary/aromatic N) is 1. The van der Waals surface area contributed by atoms with Gasteiger partial charge in [0.25, 0.3) is 0 Å². The monoisotopic (exact) mass is 252 g/mol. The van der Waals surface area contributed by atoms with E-state index < -0.39 is 5.97 Å². The number of rotatable bonds is 2. The van der Waals surface area contributed by atoms with E-state index in [1.165, 1.54) is 6.07 Å². The van der Waals surface area contributed by atoms with E-state index in [-0.39, 0.29) is 5.56 Å². The number of carboxylic acid groups (broad SMARTS) is 1. The van der Waals surface area contributed by atoms with E-state index in [1.54, 1.807) is 37.1 Å². The number of hydrogen-bond acceptors (Lipinski definition) is 2. The van der Waals surface area contributed by atoms with Crippen LogP contribution in [0.5, 0.6) is 0 Å². The average molecular weight is 252 g/mol. The number of anilines is 1. The Morgan fingerprint density at radius 2 is 1.72 bits per heavy atom. The fourth-order valence-corrected chi connectivity index (χ4v) is 1.04. The predicted molar refractivity (Wildman–Crippen MR) is 77.9 cm³/mol. The highest BCUT2D eigenvalue weighted by atomic mass is 16.4. The Morgan fingerprint density at radius 3 is 2.11 bits per heavy atom. The Morgan fingerprint density at radius 1 is 1.22 bits per heavy atom. The summed E-state index contributed by atoms with van der Waals surface area (Å²) < 4.78 is 0. The molecule has 4 heteroatoms. The maximum absolute atomic E-state index is 10.7. The molecule has 0 fully saturated rings. The van der Waals surface area contributed by atoms with E-state index in [1.807, 2.05) is 27.7 Å². The van der Waals surface area contributed by atoms with Crippen LogP contribution < -0.4 is 4.90 Å². The first kappa shape index (κ1) is 18.5. The van der Waals surface area contributed by atoms with E-state index in [0.717, 1.165) is 0 Å². The molecule has 18 heavy (non-hydrogen) atoms. The summed E-state index contributed by atoms with van der Waals surface area (Å²) >= 11 is 0. The van der Waals surface area contributed by atoms with Gasteiger partial charge < -0.3 is 10.0 Å². The third kappa shape index (κ3) is 6.03. The minimum Gasteiger partial charge on any atom is -0.478 e. The van der Waals surface area contributed by atoms with Crippen molar-refractivity contribution >= 4 is 17.5 Å². The van der Waals surface area contributed by atoms with Gasteiger partial charge in [-0.3, -0.25) is 5.41 Å². The minimum atomic E-state index is -0.956. The van der Waals surface area contributed by atoms with Crippen molar-refractivity contribution in [3.63, 3.8) is 0 Å². The van der Waals surface area contributed by atoms with Crippen LogP contribution in [0, 0.1) is 5.41 Å². The van der Waals surface area contributed by atoms with Crippen molar-refractivity contribution in [3.8, 4) is 0 Å². The van der Waals surface area contributed by atoms with Crippen molar-refractivity contribution in [1.82, 2.24) is 0 Å². The van der Waals surface area contributed by atoms with E-state index in [0.29, 0.717) is 11.5 Å². The lowest BCUT2D eigenvalue weighted by molar-refractivity contribution is 0.0697. The summed E-state index contributed by atoms with van der Waals surface area (Å²) in [5.41, 5.74) is 0.938. The molecule has 0 aliphatic rings. The highest BCUT2D eigenvalue weighted by Crippen LogP contribution is 2.14. The molecule has 0 amide bonds. The number of benzene rings is 1. The van der Waals surface area contributed by atoms with Crippen LogP contribution in [0.4, 0.5) is 5.69 Å². The number of carbonyl (C=O) groups is 1. The molecule has 0 heterocycles. The lowest BCUT2D eigenvalue weighted by Crippen LogP contribution is -2.22. The number of amidine groups is 1. The predicted octanol–water partition coefficient (Wildman–Crippen LogP) is 3.87. The molecule has 0 radical (unpaired) electrons. The van der Waals surface area contributed by atoms with E-state index in [4.69, 9.17) is 10.5 Å². The van der Waals surface area contributed by atoms with Gasteiger partial charge in [0.15, 0.2) is 0 Å². The zero-order valence-electron chi connectivity index (χ0n) is 12.1. The number of aromatic carboxylic acids is 1. The fraction of sp³-hybridized carbons (Fsp3) is 0.429. The Kier molecular flexibility index (Phi) is 10.6. The first-order valence-electron chi connectivity index (χ1n) is 6.14. The molecule has 0 spiro atoms. The smallest absolute Gasteiger partial charge is 0.335 e. The zero-order valence-corrected chi connectivity index (χ0v) is 12.1. The second-order valence-electron chi connectivity index (χ2n) is 3.00. The fourth-order valence-electron chi connectivity index (χ4n) is 1.04. The molecular weight excluding hydrogens is 228 g/mol. The van der Waals surface area contributed by atoms with Crippen molar-refractivity contribution in [2.24, 2.45) is 0 Å². The largest absolute Gasteiger partial charge is 0.478 e. The van der Waals surface area contributed by atoms with Gasteiger partial charge in [-0.2, -0.15) is 0 Å². The molecule has 1 aromatic carbocycles. The Balaban J connectivity index is 0. The van der Waals surface area contributed by atoms with Crippen molar-refractivity contribution in [1.29, 1.82) is 5.41 Å². The second-order valence-corrected chi connectivity index (χ2v) is 3.00. The number of hydrogen-bond donors (Lipinski definition) is 2. The molecule has 0 aliphatic heterocycles. The Hall–Kier alpha value is -1.84. The molecule has 0 saturated carbocycles. The molecule has 2 N–H and O–H groups in total. The van der Waals surface area contributed by atoms with Gasteiger partial charge in [-0.25, -0.2) is 4.79 Å². The Bertz CT molecular complexity index is 376. The van der Waals surface area contributed by atoms with E-state index >= 15 is 0 Å². The number of nitrogens with one attached hydrogen (secondary N) is 1. The number of carboxylic acids is 1. The summed E-state index contributed by atoms with van der Waals surface area (Å²) in [6.07, 6.45) is 0. The van der Waals surface area contributed by atoms with Gasteiger partial charge in [-0.05, 0) is 25.1 Å². The van der Waals surface area contributed by atoms with Crippen molar-refractivity contribution in [2.75, 3.05) is 11.9 Å². The van der Waals surface area contributed by atoms with Crippen LogP contribution >= 0.6 is 0 Å². The highest BCUT2D eigenvalue weighted by molar-refractivity contribution is 5.95. The standard InChI is InChI=1S/C10H12N2O2.2C2H6/c1-7(11)12(2)9-5-3-4-8(6-9)10(13)14;2*1-2/h3-6,11H,1-2H3,(H,13,14);2*1-2H3. The maximum atomic E-state index is 10.7. The average Bonchev–Trinajstić information content (AvgIpc) is 2.42. The van der Waals surface area contributed by atoms with Gasteiger partial charge >= 0.3 is 5.97 Å². The van der Waals surface area contributed by atoms with Crippen molar-refractivity contribution in [2.45, 2.75) is 34.6 Å². The third-order valence-corrected chi connectivity index (χ3v) is 1.98. The maximum Gasteiger partial charge on any atom is 0.335 e. The summed E-state index contributed by atoms with van der Waals surface area (Å²) in [6, 6.07) is 6.50. The molecule has 102 valence electrons. The van der Waals surface area contributed by atoms with Crippen LogP contribution in [0.25, 0.3) is 0 Å². The van der Waals surface area contributed by atoms with Crippen LogP contribution in [0.2, 0.25) is 0 Å². The molecule has 1 aromatic rings. The first-order valence-corrected chi connectivity index (χ1v) is 6.14. The molecule has 0 saturated heterocycles. The van der Waals surface area contributed by atoms with Gasteiger partial charge in [-0.15, -0.1) is 0 Å². The van der Waals surface area contributed by atoms with Crippen molar-refractivity contribution < 1.29 is 9.90 Å². The summed E-state index contributed by atoms with van der Waals surface area (Å²) in [4.78, 5) is 12.3. The van der Waals surface area contributed by atoms with Gasteiger partial charge in [0.05, 0.1) is 11.4 Å². The van der Waals surface area contributed by atoms with Gasteiger partial charge in [0, 0.05) is 12.7 Å². The molecular formula is C14H24N2O2. The van der Waals surface area contributed by atoms with Crippen LogP contribution in [-0.4, -0.2) is 24.0 Å². The summed E-state index contributed by atoms with van der Waals surface area (Å²) in [5, 5.41) is 16.2. The van der Waals surface area contributed by atoms with Crippen LogP contribution in [0.3, 0.4) is 0 Å². The third-order valence-electron chi connectivity index (χ3n) is 1.98. The molecule has 1 rings (SSSR count). The summed E-state index contributed by atoms with van der Waals surface area (Å²) in [5.74, 6) is -0.588. The molecule has 0 bridgehead atoms. The van der Waals surface area contributed by atoms with E-state index in [9.17, 15) is 4.79 Å². The quantitative estimate of drug-likeness (QED) is 0.620. The normalized spacial score (nSPS) is 8.11. The second kappa shape index (κ2) is 10.3. The van der Waals surface area contributed by atoms with Crippen molar-refractivity contribution in [3.05, 3.63) is 29.8 Å². The van der Waals surface area contributed by atoms with Gasteiger partial charge in [0.2, 0.25) is 0 Å². The summed E-state index contributed by atoms with van der Waals surface area (Å²) in [7, 11) is 1.73. The lowest BCUT2D eigenvalue weighted by atomic mass is 10.2. The van der Waals surface area contributed by atoms with E-state index in [2.05, 4.69) is 0 Å². The molecule has 4 nitrogen and oxygen atoms in total. The SMILES string of the molecule is CC.CC.CC(=N)N(C)c1cccc(C(=O)O)c1. The molecule has 0 aromatic heterocycles. The molecule has 0 unspecified atom stereocenters. The topological polar surface area (TPSA) is 64.4 Å². The molecule has 0 aliphatic carbocycles. The van der Waals surface area contributed by atoms with Gasteiger partial charge in [0.1, 0.15) is 0 Å². The van der Waals surface area contributed by atoms with Crippen LogP contribution in [0.1, 0.15) is 45.0 Å². The summed E-state index contributed by atoms with van der Waals surface area (Å²) in [6.45, 7) is 9.65. The minimum absolute atomic E-state index is 0.232. The highest BCUT2D eigenvalue weighted by Gasteiger charge is 2.06. The first-order chi connectivity index (χ1) is 8.52. The van der Waals surface area contributed by atoms with Crippen LogP contribution in [0.15, 0.2) is 24.3 Å². The Labute approximate surface area is 110 Å². The lowest BCUT2D eigenvalue weighted by Gasteiger charge is -2.17. The van der Waals surface area contributed by atoms with Crippen LogP contribution in [-0.2, 0) is 0 Å².